The molecule has 1 amide bonds. The van der Waals surface area contributed by atoms with Crippen LogP contribution in [0.15, 0.2) is 18.2 Å². The highest BCUT2D eigenvalue weighted by atomic mass is 79.9. The summed E-state index contributed by atoms with van der Waals surface area (Å²) in [4.78, 5) is 14.4. The summed E-state index contributed by atoms with van der Waals surface area (Å²) in [5.74, 6) is -0.401. The van der Waals surface area contributed by atoms with E-state index in [1.807, 2.05) is 0 Å². The quantitative estimate of drug-likeness (QED) is 0.784. The van der Waals surface area contributed by atoms with E-state index in [2.05, 4.69) is 15.9 Å². The first-order valence-electron chi connectivity index (χ1n) is 6.79. The fourth-order valence-electron chi connectivity index (χ4n) is 2.64. The molecule has 110 valence electrons. The van der Waals surface area contributed by atoms with Gasteiger partial charge in [0.2, 0.25) is 0 Å². The van der Waals surface area contributed by atoms with Crippen molar-refractivity contribution in [2.45, 2.75) is 36.6 Å². The Labute approximate surface area is 127 Å². The van der Waals surface area contributed by atoms with Gasteiger partial charge < -0.3 is 9.64 Å². The summed E-state index contributed by atoms with van der Waals surface area (Å²) in [7, 11) is 3.22. The molecule has 0 radical (unpaired) electrons. The van der Waals surface area contributed by atoms with Crippen molar-refractivity contribution in [1.82, 2.24) is 4.90 Å². The summed E-state index contributed by atoms with van der Waals surface area (Å²) >= 11 is 3.63. The molecule has 1 fully saturated rings. The smallest absolute Gasteiger partial charge is 0.256 e. The highest BCUT2D eigenvalue weighted by Crippen LogP contribution is 2.29. The Morgan fingerprint density at radius 1 is 1.40 bits per heavy atom. The van der Waals surface area contributed by atoms with Gasteiger partial charge in [-0.3, -0.25) is 4.79 Å². The van der Waals surface area contributed by atoms with E-state index in [4.69, 9.17) is 4.74 Å². The monoisotopic (exact) mass is 343 g/mol. The first-order valence-corrected chi connectivity index (χ1v) is 7.71. The van der Waals surface area contributed by atoms with E-state index >= 15 is 0 Å². The van der Waals surface area contributed by atoms with Gasteiger partial charge in [-0.1, -0.05) is 28.8 Å². The first-order chi connectivity index (χ1) is 9.54. The van der Waals surface area contributed by atoms with Crippen molar-refractivity contribution in [3.63, 3.8) is 0 Å². The predicted molar refractivity (Wildman–Crippen MR) is 80.0 cm³/mol. The minimum absolute atomic E-state index is 0.0959. The van der Waals surface area contributed by atoms with Crippen LogP contribution in [-0.2, 0) is 0 Å². The van der Waals surface area contributed by atoms with Gasteiger partial charge in [-0.15, -0.1) is 0 Å². The van der Waals surface area contributed by atoms with E-state index in [0.29, 0.717) is 5.75 Å². The van der Waals surface area contributed by atoms with E-state index in [1.54, 1.807) is 18.0 Å². The van der Waals surface area contributed by atoms with Crippen molar-refractivity contribution >= 4 is 21.8 Å². The SMILES string of the molecule is COc1ccc(C(=O)N(C)C2CCCCC2Br)c(F)c1. The fourth-order valence-corrected chi connectivity index (χ4v) is 3.58. The van der Waals surface area contributed by atoms with Crippen molar-refractivity contribution in [3.05, 3.63) is 29.6 Å². The first kappa shape index (κ1) is 15.3. The van der Waals surface area contributed by atoms with Gasteiger partial charge in [0.15, 0.2) is 0 Å². The highest BCUT2D eigenvalue weighted by Gasteiger charge is 2.30. The molecule has 0 N–H and O–H groups in total. The molecule has 2 rings (SSSR count). The maximum absolute atomic E-state index is 14.0. The minimum atomic E-state index is -0.539. The summed E-state index contributed by atoms with van der Waals surface area (Å²) in [6.45, 7) is 0. The van der Waals surface area contributed by atoms with Crippen molar-refractivity contribution < 1.29 is 13.9 Å². The Hall–Kier alpha value is -1.10. The van der Waals surface area contributed by atoms with Crippen LogP contribution in [-0.4, -0.2) is 35.8 Å². The minimum Gasteiger partial charge on any atom is -0.497 e. The van der Waals surface area contributed by atoms with Crippen LogP contribution in [0.5, 0.6) is 5.75 Å². The number of nitrogens with zero attached hydrogens (tertiary/aromatic N) is 1. The number of methoxy groups -OCH3 is 1. The second kappa shape index (κ2) is 6.57. The fraction of sp³-hybridized carbons (Fsp3) is 0.533. The zero-order chi connectivity index (χ0) is 14.7. The third kappa shape index (κ3) is 3.14. The van der Waals surface area contributed by atoms with Gasteiger partial charge in [0.25, 0.3) is 5.91 Å². The molecule has 2 atom stereocenters. The summed E-state index contributed by atoms with van der Waals surface area (Å²) in [5, 5.41) is 0. The number of hydrogen-bond acceptors (Lipinski definition) is 2. The van der Waals surface area contributed by atoms with Crippen LogP contribution in [0.3, 0.4) is 0 Å². The van der Waals surface area contributed by atoms with E-state index in [9.17, 15) is 9.18 Å². The maximum Gasteiger partial charge on any atom is 0.256 e. The van der Waals surface area contributed by atoms with E-state index in [1.165, 1.54) is 25.7 Å². The van der Waals surface area contributed by atoms with E-state index in [0.717, 1.165) is 19.3 Å². The third-order valence-electron chi connectivity index (χ3n) is 3.87. The van der Waals surface area contributed by atoms with Crippen LogP contribution in [0.1, 0.15) is 36.0 Å². The van der Waals surface area contributed by atoms with E-state index < -0.39 is 5.82 Å². The van der Waals surface area contributed by atoms with Crippen LogP contribution in [0.25, 0.3) is 0 Å². The number of rotatable bonds is 3. The lowest BCUT2D eigenvalue weighted by Crippen LogP contribution is -2.44. The summed E-state index contributed by atoms with van der Waals surface area (Å²) in [6, 6.07) is 4.46. The number of alkyl halides is 1. The Bertz CT molecular complexity index is 495. The summed E-state index contributed by atoms with van der Waals surface area (Å²) in [5.41, 5.74) is 0.0959. The molecule has 1 aliphatic carbocycles. The predicted octanol–water partition coefficient (Wildman–Crippen LogP) is 3.61. The van der Waals surface area contributed by atoms with Crippen molar-refractivity contribution in [3.8, 4) is 5.75 Å². The molecule has 2 unspecified atom stereocenters. The number of halogens is 2. The summed E-state index contributed by atoms with van der Waals surface area (Å²) in [6.07, 6.45) is 4.28. The van der Waals surface area contributed by atoms with Crippen molar-refractivity contribution in [2.75, 3.05) is 14.2 Å². The highest BCUT2D eigenvalue weighted by molar-refractivity contribution is 9.09. The topological polar surface area (TPSA) is 29.5 Å². The zero-order valence-corrected chi connectivity index (χ0v) is 13.3. The van der Waals surface area contributed by atoms with Crippen LogP contribution in [0, 0.1) is 5.82 Å². The van der Waals surface area contributed by atoms with Crippen molar-refractivity contribution in [1.29, 1.82) is 0 Å². The Balaban J connectivity index is 2.17. The van der Waals surface area contributed by atoms with Crippen molar-refractivity contribution in [2.24, 2.45) is 0 Å². The molecule has 0 aromatic heterocycles. The van der Waals surface area contributed by atoms with Crippen LogP contribution >= 0.6 is 15.9 Å². The van der Waals surface area contributed by atoms with E-state index in [-0.39, 0.29) is 22.3 Å². The second-order valence-electron chi connectivity index (χ2n) is 5.13. The molecule has 0 spiro atoms. The number of benzene rings is 1. The molecule has 0 aliphatic heterocycles. The molecule has 0 saturated heterocycles. The number of carbonyl (C=O) groups excluding carboxylic acids is 1. The van der Waals surface area contributed by atoms with Gasteiger partial charge in [0.1, 0.15) is 11.6 Å². The Morgan fingerprint density at radius 3 is 2.70 bits per heavy atom. The molecule has 0 heterocycles. The third-order valence-corrected chi connectivity index (χ3v) is 4.94. The molecule has 5 heteroatoms. The lowest BCUT2D eigenvalue weighted by molar-refractivity contribution is 0.0700. The van der Waals surface area contributed by atoms with Gasteiger partial charge >= 0.3 is 0 Å². The molecule has 3 nitrogen and oxygen atoms in total. The normalized spacial score (nSPS) is 22.4. The number of carbonyl (C=O) groups is 1. The molecular formula is C15H19BrFNO2. The van der Waals surface area contributed by atoms with Crippen LogP contribution in [0.2, 0.25) is 0 Å². The molecule has 1 aliphatic rings. The molecule has 0 bridgehead atoms. The number of hydrogen-bond donors (Lipinski definition) is 0. The molecular weight excluding hydrogens is 325 g/mol. The second-order valence-corrected chi connectivity index (χ2v) is 6.31. The van der Waals surface area contributed by atoms with Gasteiger partial charge in [-0.05, 0) is 25.0 Å². The lowest BCUT2D eigenvalue weighted by Gasteiger charge is -2.35. The molecule has 1 aromatic rings. The van der Waals surface area contributed by atoms with Crippen LogP contribution in [0.4, 0.5) is 4.39 Å². The molecule has 1 saturated carbocycles. The standard InChI is InChI=1S/C15H19BrFNO2/c1-18(14-6-4-3-5-12(14)16)15(19)11-8-7-10(20-2)9-13(11)17/h7-9,12,14H,3-6H2,1-2H3. The lowest BCUT2D eigenvalue weighted by atomic mass is 9.94. The molecule has 1 aromatic carbocycles. The number of ether oxygens (including phenoxy) is 1. The van der Waals surface area contributed by atoms with Gasteiger partial charge in [-0.25, -0.2) is 4.39 Å². The Kier molecular flexibility index (Phi) is 5.02. The average Bonchev–Trinajstić information content (AvgIpc) is 2.46. The average molecular weight is 344 g/mol. The van der Waals surface area contributed by atoms with Crippen LogP contribution < -0.4 is 4.74 Å². The van der Waals surface area contributed by atoms with Gasteiger partial charge in [0.05, 0.1) is 12.7 Å². The van der Waals surface area contributed by atoms with Gasteiger partial charge in [-0.2, -0.15) is 0 Å². The zero-order valence-electron chi connectivity index (χ0n) is 11.7. The Morgan fingerprint density at radius 2 is 2.10 bits per heavy atom. The largest absolute Gasteiger partial charge is 0.497 e. The maximum atomic E-state index is 14.0. The number of amides is 1. The molecule has 20 heavy (non-hydrogen) atoms. The van der Waals surface area contributed by atoms with Gasteiger partial charge in [0, 0.05) is 24.0 Å². The summed E-state index contributed by atoms with van der Waals surface area (Å²) < 4.78 is 18.9.